The summed E-state index contributed by atoms with van der Waals surface area (Å²) in [6, 6.07) is 11.5. The van der Waals surface area contributed by atoms with Crippen molar-refractivity contribution in [3.05, 3.63) is 45.2 Å². The molecule has 98 valence electrons. The van der Waals surface area contributed by atoms with E-state index in [1.807, 2.05) is 31.2 Å². The SMILES string of the molecule is Cc1cc(Br)ccc1-c1noc(-c2ccc(C#N)s2)n1. The number of halogens is 1. The third kappa shape index (κ3) is 2.38. The highest BCUT2D eigenvalue weighted by atomic mass is 79.9. The van der Waals surface area contributed by atoms with E-state index in [9.17, 15) is 0 Å². The number of hydrogen-bond donors (Lipinski definition) is 0. The van der Waals surface area contributed by atoms with Crippen LogP contribution in [0.1, 0.15) is 10.4 Å². The summed E-state index contributed by atoms with van der Waals surface area (Å²) in [7, 11) is 0. The minimum atomic E-state index is 0.439. The Labute approximate surface area is 127 Å². The van der Waals surface area contributed by atoms with Crippen LogP contribution in [-0.2, 0) is 0 Å². The molecule has 0 aliphatic rings. The maximum Gasteiger partial charge on any atom is 0.268 e. The lowest BCUT2D eigenvalue weighted by atomic mass is 10.1. The van der Waals surface area contributed by atoms with Gasteiger partial charge in [0.05, 0.1) is 4.88 Å². The first kappa shape index (κ1) is 13.0. The lowest BCUT2D eigenvalue weighted by Crippen LogP contribution is -1.85. The van der Waals surface area contributed by atoms with Gasteiger partial charge in [0.2, 0.25) is 5.82 Å². The predicted molar refractivity (Wildman–Crippen MR) is 80.2 cm³/mol. The summed E-state index contributed by atoms with van der Waals surface area (Å²) in [5.41, 5.74) is 2.00. The molecule has 0 fully saturated rings. The van der Waals surface area contributed by atoms with Gasteiger partial charge in [-0.2, -0.15) is 10.2 Å². The van der Waals surface area contributed by atoms with Crippen molar-refractivity contribution in [2.45, 2.75) is 6.92 Å². The average Bonchev–Trinajstić information content (AvgIpc) is 3.07. The number of aromatic nitrogens is 2. The van der Waals surface area contributed by atoms with Gasteiger partial charge in [0.1, 0.15) is 10.9 Å². The molecule has 1 aromatic carbocycles. The fraction of sp³-hybridized carbons (Fsp3) is 0.0714. The number of benzene rings is 1. The molecule has 0 atom stereocenters. The van der Waals surface area contributed by atoms with Crippen LogP contribution < -0.4 is 0 Å². The number of aryl methyl sites for hydroxylation is 1. The summed E-state index contributed by atoms with van der Waals surface area (Å²) < 4.78 is 6.29. The fourth-order valence-corrected chi connectivity index (χ4v) is 3.02. The molecule has 0 radical (unpaired) electrons. The van der Waals surface area contributed by atoms with E-state index in [2.05, 4.69) is 32.1 Å². The van der Waals surface area contributed by atoms with Gasteiger partial charge >= 0.3 is 0 Å². The van der Waals surface area contributed by atoms with Crippen LogP contribution in [0.15, 0.2) is 39.3 Å². The van der Waals surface area contributed by atoms with E-state index in [0.29, 0.717) is 16.6 Å². The summed E-state index contributed by atoms with van der Waals surface area (Å²) in [5, 5.41) is 12.8. The van der Waals surface area contributed by atoms with Gasteiger partial charge in [-0.25, -0.2) is 0 Å². The molecule has 2 aromatic heterocycles. The Morgan fingerprint density at radius 1 is 1.30 bits per heavy atom. The number of nitrogens with zero attached hydrogens (tertiary/aromatic N) is 3. The lowest BCUT2D eigenvalue weighted by molar-refractivity contribution is 0.433. The fourth-order valence-electron chi connectivity index (χ4n) is 1.82. The van der Waals surface area contributed by atoms with Gasteiger partial charge in [-0.15, -0.1) is 11.3 Å². The van der Waals surface area contributed by atoms with Gasteiger partial charge in [-0.1, -0.05) is 21.1 Å². The molecule has 0 aliphatic carbocycles. The molecule has 0 N–H and O–H groups in total. The second-order valence-electron chi connectivity index (χ2n) is 4.16. The largest absolute Gasteiger partial charge is 0.333 e. The van der Waals surface area contributed by atoms with Gasteiger partial charge in [-0.05, 0) is 42.8 Å². The Balaban J connectivity index is 2.00. The number of thiophene rings is 1. The molecular formula is C14H8BrN3OS. The van der Waals surface area contributed by atoms with E-state index < -0.39 is 0 Å². The minimum Gasteiger partial charge on any atom is -0.333 e. The zero-order valence-corrected chi connectivity index (χ0v) is 12.8. The first-order valence-electron chi connectivity index (χ1n) is 5.78. The summed E-state index contributed by atoms with van der Waals surface area (Å²) >= 11 is 4.76. The van der Waals surface area contributed by atoms with Crippen molar-refractivity contribution < 1.29 is 4.52 Å². The smallest absolute Gasteiger partial charge is 0.268 e. The van der Waals surface area contributed by atoms with Crippen molar-refractivity contribution in [3.63, 3.8) is 0 Å². The second kappa shape index (κ2) is 5.19. The molecule has 0 amide bonds. The van der Waals surface area contributed by atoms with Crippen LogP contribution in [0.4, 0.5) is 0 Å². The molecule has 0 unspecified atom stereocenters. The first-order valence-corrected chi connectivity index (χ1v) is 7.39. The standard InChI is InChI=1S/C14H8BrN3OS/c1-8-6-9(15)2-4-11(8)13-17-14(19-18-13)12-5-3-10(7-16)20-12/h2-6H,1H3. The van der Waals surface area contributed by atoms with Crippen molar-refractivity contribution in [2.24, 2.45) is 0 Å². The topological polar surface area (TPSA) is 62.7 Å². The molecule has 2 heterocycles. The average molecular weight is 346 g/mol. The highest BCUT2D eigenvalue weighted by Crippen LogP contribution is 2.29. The van der Waals surface area contributed by atoms with E-state index in [0.717, 1.165) is 20.5 Å². The molecule has 0 saturated heterocycles. The maximum atomic E-state index is 8.83. The molecule has 4 nitrogen and oxygen atoms in total. The number of rotatable bonds is 2. The minimum absolute atomic E-state index is 0.439. The van der Waals surface area contributed by atoms with Crippen LogP contribution >= 0.6 is 27.3 Å². The number of nitriles is 1. The molecule has 3 rings (SSSR count). The van der Waals surface area contributed by atoms with Crippen molar-refractivity contribution in [3.8, 4) is 28.2 Å². The first-order chi connectivity index (χ1) is 9.67. The molecule has 6 heteroatoms. The van der Waals surface area contributed by atoms with E-state index in [1.165, 1.54) is 11.3 Å². The maximum absolute atomic E-state index is 8.83. The van der Waals surface area contributed by atoms with Gasteiger partial charge < -0.3 is 4.52 Å². The molecule has 0 spiro atoms. The Morgan fingerprint density at radius 2 is 2.15 bits per heavy atom. The Morgan fingerprint density at radius 3 is 2.85 bits per heavy atom. The third-order valence-electron chi connectivity index (χ3n) is 2.78. The summed E-state index contributed by atoms with van der Waals surface area (Å²) in [4.78, 5) is 5.82. The van der Waals surface area contributed by atoms with Crippen LogP contribution in [0, 0.1) is 18.3 Å². The van der Waals surface area contributed by atoms with Crippen LogP contribution in [-0.4, -0.2) is 10.1 Å². The lowest BCUT2D eigenvalue weighted by Gasteiger charge is -2.00. The van der Waals surface area contributed by atoms with Crippen molar-refractivity contribution >= 4 is 27.3 Å². The summed E-state index contributed by atoms with van der Waals surface area (Å²) in [5.74, 6) is 0.991. The van der Waals surface area contributed by atoms with E-state index in [-0.39, 0.29) is 0 Å². The van der Waals surface area contributed by atoms with Gasteiger partial charge in [0.25, 0.3) is 5.89 Å². The van der Waals surface area contributed by atoms with E-state index in [1.54, 1.807) is 6.07 Å². The van der Waals surface area contributed by atoms with E-state index in [4.69, 9.17) is 9.78 Å². The Hall–Kier alpha value is -1.97. The van der Waals surface area contributed by atoms with Gasteiger partial charge in [0, 0.05) is 10.0 Å². The summed E-state index contributed by atoms with van der Waals surface area (Å²) in [6.07, 6.45) is 0. The van der Waals surface area contributed by atoms with Crippen LogP contribution in [0.3, 0.4) is 0 Å². The second-order valence-corrected chi connectivity index (χ2v) is 6.16. The molecular weight excluding hydrogens is 338 g/mol. The van der Waals surface area contributed by atoms with Crippen LogP contribution in [0.2, 0.25) is 0 Å². The highest BCUT2D eigenvalue weighted by Gasteiger charge is 2.14. The zero-order valence-electron chi connectivity index (χ0n) is 10.4. The number of hydrogen-bond acceptors (Lipinski definition) is 5. The summed E-state index contributed by atoms with van der Waals surface area (Å²) in [6.45, 7) is 2.00. The van der Waals surface area contributed by atoms with Gasteiger partial charge in [-0.3, -0.25) is 0 Å². The van der Waals surface area contributed by atoms with Crippen molar-refractivity contribution in [2.75, 3.05) is 0 Å². The molecule has 20 heavy (non-hydrogen) atoms. The van der Waals surface area contributed by atoms with Crippen molar-refractivity contribution in [1.29, 1.82) is 5.26 Å². The van der Waals surface area contributed by atoms with Crippen LogP contribution in [0.5, 0.6) is 0 Å². The molecule has 0 saturated carbocycles. The van der Waals surface area contributed by atoms with E-state index >= 15 is 0 Å². The third-order valence-corrected chi connectivity index (χ3v) is 4.25. The molecule has 0 bridgehead atoms. The zero-order chi connectivity index (χ0) is 14.1. The Bertz CT molecular complexity index is 816. The monoisotopic (exact) mass is 345 g/mol. The normalized spacial score (nSPS) is 10.4. The predicted octanol–water partition coefficient (Wildman–Crippen LogP) is 4.41. The van der Waals surface area contributed by atoms with Crippen LogP contribution in [0.25, 0.3) is 22.2 Å². The highest BCUT2D eigenvalue weighted by molar-refractivity contribution is 9.10. The molecule has 3 aromatic rings. The van der Waals surface area contributed by atoms with Crippen molar-refractivity contribution in [1.82, 2.24) is 10.1 Å². The van der Waals surface area contributed by atoms with Gasteiger partial charge in [0.15, 0.2) is 0 Å². The Kier molecular flexibility index (Phi) is 3.38. The molecule has 0 aliphatic heterocycles. The quantitative estimate of drug-likeness (QED) is 0.690.